The maximum Gasteiger partial charge on any atom is 0.338 e. The topological polar surface area (TPSA) is 92.8 Å². The largest absolute Gasteiger partial charge is 0.452 e. The van der Waals surface area contributed by atoms with Gasteiger partial charge in [-0.25, -0.2) is 13.2 Å². The fourth-order valence-electron chi connectivity index (χ4n) is 3.71. The lowest BCUT2D eigenvalue weighted by atomic mass is 9.86. The van der Waals surface area contributed by atoms with Crippen LogP contribution in [0.3, 0.4) is 0 Å². The molecule has 0 spiro atoms. The van der Waals surface area contributed by atoms with Gasteiger partial charge in [0.25, 0.3) is 15.9 Å². The fraction of sp³-hybridized carbons (Fsp3) is 0.391. The molecule has 0 heterocycles. The molecule has 3 rings (SSSR count). The summed E-state index contributed by atoms with van der Waals surface area (Å²) in [5.74, 6) is -0.692. The second-order valence-corrected chi connectivity index (χ2v) is 9.82. The van der Waals surface area contributed by atoms with Crippen LogP contribution >= 0.6 is 0 Å². The van der Waals surface area contributed by atoms with Gasteiger partial charge in [0.2, 0.25) is 0 Å². The lowest BCUT2D eigenvalue weighted by Gasteiger charge is -2.29. The summed E-state index contributed by atoms with van der Waals surface area (Å²) in [6.07, 6.45) is 4.24. The first-order chi connectivity index (χ1) is 14.8. The number of para-hydroxylation sites is 1. The molecule has 0 saturated heterocycles. The van der Waals surface area contributed by atoms with Crippen LogP contribution in [0.15, 0.2) is 59.5 Å². The third-order valence-corrected chi connectivity index (χ3v) is 7.42. The molecule has 1 aliphatic rings. The first-order valence-electron chi connectivity index (χ1n) is 10.4. The van der Waals surface area contributed by atoms with E-state index < -0.39 is 22.6 Å². The molecule has 0 bridgehead atoms. The van der Waals surface area contributed by atoms with Crippen molar-refractivity contribution < 1.29 is 22.7 Å². The molecule has 0 aliphatic heterocycles. The SMILES string of the molecule is C[C@H]1CCCC[C@@H]1NC(=O)COC(=O)c1cccc(S(=O)(=O)N(C)c2ccccc2)c1. The van der Waals surface area contributed by atoms with Gasteiger partial charge in [-0.15, -0.1) is 0 Å². The normalized spacial score (nSPS) is 18.8. The highest BCUT2D eigenvalue weighted by molar-refractivity contribution is 7.92. The third kappa shape index (κ3) is 5.64. The highest BCUT2D eigenvalue weighted by atomic mass is 32.2. The second-order valence-electron chi connectivity index (χ2n) is 7.85. The number of nitrogens with one attached hydrogen (secondary N) is 1. The Labute approximate surface area is 183 Å². The van der Waals surface area contributed by atoms with Crippen molar-refractivity contribution in [3.05, 3.63) is 60.2 Å². The summed E-state index contributed by atoms with van der Waals surface area (Å²) in [7, 11) is -2.41. The summed E-state index contributed by atoms with van der Waals surface area (Å²) in [6, 6.07) is 14.4. The number of hydrogen-bond donors (Lipinski definition) is 1. The Kier molecular flexibility index (Phi) is 7.33. The number of ether oxygens (including phenoxy) is 1. The Morgan fingerprint density at radius 2 is 1.77 bits per heavy atom. The van der Waals surface area contributed by atoms with Crippen molar-refractivity contribution in [2.45, 2.75) is 43.5 Å². The van der Waals surface area contributed by atoms with Crippen LogP contribution in [0.25, 0.3) is 0 Å². The van der Waals surface area contributed by atoms with Crippen LogP contribution in [-0.4, -0.2) is 40.0 Å². The van der Waals surface area contributed by atoms with Gasteiger partial charge in [-0.1, -0.05) is 44.0 Å². The van der Waals surface area contributed by atoms with Crippen LogP contribution < -0.4 is 9.62 Å². The Morgan fingerprint density at radius 1 is 1.06 bits per heavy atom. The zero-order chi connectivity index (χ0) is 22.4. The Morgan fingerprint density at radius 3 is 2.48 bits per heavy atom. The molecule has 1 aliphatic carbocycles. The molecule has 1 fully saturated rings. The smallest absolute Gasteiger partial charge is 0.338 e. The molecule has 7 nitrogen and oxygen atoms in total. The van der Waals surface area contributed by atoms with Crippen LogP contribution in [0.1, 0.15) is 43.0 Å². The molecule has 1 saturated carbocycles. The minimum Gasteiger partial charge on any atom is -0.452 e. The highest BCUT2D eigenvalue weighted by Gasteiger charge is 2.24. The molecular formula is C23H28N2O5S. The molecule has 1 amide bonds. The predicted octanol–water partition coefficient (Wildman–Crippen LogP) is 3.36. The summed E-state index contributed by atoms with van der Waals surface area (Å²) in [5.41, 5.74) is 0.575. The molecule has 8 heteroatoms. The van der Waals surface area contributed by atoms with Crippen molar-refractivity contribution in [2.75, 3.05) is 18.0 Å². The first-order valence-corrected chi connectivity index (χ1v) is 11.8. The van der Waals surface area contributed by atoms with E-state index in [2.05, 4.69) is 12.2 Å². The molecule has 2 aromatic carbocycles. The van der Waals surface area contributed by atoms with E-state index in [-0.39, 0.29) is 22.4 Å². The van der Waals surface area contributed by atoms with Crippen LogP contribution in [0, 0.1) is 5.92 Å². The molecule has 166 valence electrons. The predicted molar refractivity (Wildman–Crippen MR) is 118 cm³/mol. The van der Waals surface area contributed by atoms with Crippen molar-refractivity contribution in [3.8, 4) is 0 Å². The zero-order valence-electron chi connectivity index (χ0n) is 17.8. The van der Waals surface area contributed by atoms with Gasteiger partial charge < -0.3 is 10.1 Å². The Bertz CT molecular complexity index is 1020. The summed E-state index contributed by atoms with van der Waals surface area (Å²) >= 11 is 0. The molecule has 2 aromatic rings. The van der Waals surface area contributed by atoms with E-state index in [4.69, 9.17) is 4.74 Å². The van der Waals surface area contributed by atoms with Crippen molar-refractivity contribution in [1.82, 2.24) is 5.32 Å². The maximum absolute atomic E-state index is 12.9. The summed E-state index contributed by atoms with van der Waals surface area (Å²) in [5, 5.41) is 2.93. The summed E-state index contributed by atoms with van der Waals surface area (Å²) in [6.45, 7) is 1.71. The van der Waals surface area contributed by atoms with Gasteiger partial charge in [0.15, 0.2) is 6.61 Å². The van der Waals surface area contributed by atoms with E-state index in [9.17, 15) is 18.0 Å². The van der Waals surface area contributed by atoms with Crippen LogP contribution in [0.5, 0.6) is 0 Å². The van der Waals surface area contributed by atoms with Gasteiger partial charge in [-0.3, -0.25) is 9.10 Å². The lowest BCUT2D eigenvalue weighted by Crippen LogP contribution is -2.42. The van der Waals surface area contributed by atoms with Crippen LogP contribution in [0.2, 0.25) is 0 Å². The molecular weight excluding hydrogens is 416 g/mol. The molecule has 0 unspecified atom stereocenters. The van der Waals surface area contributed by atoms with Crippen molar-refractivity contribution >= 4 is 27.6 Å². The monoisotopic (exact) mass is 444 g/mol. The van der Waals surface area contributed by atoms with E-state index in [0.29, 0.717) is 11.6 Å². The van der Waals surface area contributed by atoms with E-state index in [1.807, 2.05) is 0 Å². The van der Waals surface area contributed by atoms with E-state index in [1.54, 1.807) is 30.3 Å². The van der Waals surface area contributed by atoms with Gasteiger partial charge in [-0.05, 0) is 49.1 Å². The maximum atomic E-state index is 12.9. The minimum absolute atomic E-state index is 0.0335. The third-order valence-electron chi connectivity index (χ3n) is 5.64. The Hall–Kier alpha value is -2.87. The fourth-order valence-corrected chi connectivity index (χ4v) is 4.95. The molecule has 1 N–H and O–H groups in total. The number of nitrogens with zero attached hydrogens (tertiary/aromatic N) is 1. The number of hydrogen-bond acceptors (Lipinski definition) is 5. The van der Waals surface area contributed by atoms with Gasteiger partial charge in [0.05, 0.1) is 16.1 Å². The number of sulfonamides is 1. The van der Waals surface area contributed by atoms with Crippen LogP contribution in [-0.2, 0) is 19.6 Å². The first kappa shape index (κ1) is 22.8. The van der Waals surface area contributed by atoms with Gasteiger partial charge in [0.1, 0.15) is 0 Å². The van der Waals surface area contributed by atoms with Gasteiger partial charge in [-0.2, -0.15) is 0 Å². The standard InChI is InChI=1S/C23H28N2O5S/c1-17-9-6-7-14-21(17)24-22(26)16-30-23(27)18-10-8-13-20(15-18)31(28,29)25(2)19-11-4-3-5-12-19/h3-5,8,10-13,15,17,21H,6-7,9,14,16H2,1-2H3,(H,24,26)/t17-,21-/m0/s1. The number of carbonyl (C=O) groups is 2. The number of esters is 1. The minimum atomic E-state index is -3.86. The number of carbonyl (C=O) groups excluding carboxylic acids is 2. The van der Waals surface area contributed by atoms with Crippen molar-refractivity contribution in [2.24, 2.45) is 5.92 Å². The lowest BCUT2D eigenvalue weighted by molar-refractivity contribution is -0.125. The quantitative estimate of drug-likeness (QED) is 0.661. The highest BCUT2D eigenvalue weighted by Crippen LogP contribution is 2.24. The van der Waals surface area contributed by atoms with Crippen LogP contribution in [0.4, 0.5) is 5.69 Å². The van der Waals surface area contributed by atoms with Crippen molar-refractivity contribution in [1.29, 1.82) is 0 Å². The van der Waals surface area contributed by atoms with E-state index in [0.717, 1.165) is 23.6 Å². The zero-order valence-corrected chi connectivity index (χ0v) is 18.6. The van der Waals surface area contributed by atoms with Gasteiger partial charge >= 0.3 is 5.97 Å². The number of benzene rings is 2. The number of rotatable bonds is 7. The average molecular weight is 445 g/mol. The summed E-state index contributed by atoms with van der Waals surface area (Å²) < 4.78 is 32.1. The van der Waals surface area contributed by atoms with E-state index >= 15 is 0 Å². The van der Waals surface area contributed by atoms with Crippen molar-refractivity contribution in [3.63, 3.8) is 0 Å². The molecule has 31 heavy (non-hydrogen) atoms. The average Bonchev–Trinajstić information content (AvgIpc) is 2.79. The molecule has 0 aromatic heterocycles. The second kappa shape index (κ2) is 9.96. The molecule has 2 atom stereocenters. The number of amides is 1. The summed E-state index contributed by atoms with van der Waals surface area (Å²) in [4.78, 5) is 24.6. The van der Waals surface area contributed by atoms with E-state index in [1.165, 1.54) is 37.7 Å². The Balaban J connectivity index is 1.64. The van der Waals surface area contributed by atoms with Gasteiger partial charge in [0, 0.05) is 13.1 Å². The molecule has 0 radical (unpaired) electrons. The number of anilines is 1.